The monoisotopic (exact) mass is 248 g/mol. The molecular formula is C14H20N2O2. The fourth-order valence-electron chi connectivity index (χ4n) is 1.76. The van der Waals surface area contributed by atoms with Crippen LogP contribution in [0.4, 0.5) is 0 Å². The summed E-state index contributed by atoms with van der Waals surface area (Å²) in [5.41, 5.74) is 2.35. The van der Waals surface area contributed by atoms with Crippen molar-refractivity contribution in [1.82, 2.24) is 10.4 Å². The number of hydrogen-bond acceptors (Lipinski definition) is 3. The molecule has 2 N–H and O–H groups in total. The Balaban J connectivity index is 2.41. The van der Waals surface area contributed by atoms with E-state index in [0.29, 0.717) is 0 Å². The van der Waals surface area contributed by atoms with Gasteiger partial charge < -0.3 is 0 Å². The summed E-state index contributed by atoms with van der Waals surface area (Å²) < 4.78 is 0. The molecule has 0 aliphatic carbocycles. The highest BCUT2D eigenvalue weighted by Gasteiger charge is 2.08. The maximum Gasteiger partial charge on any atom is 0.267 e. The van der Waals surface area contributed by atoms with Gasteiger partial charge in [-0.3, -0.25) is 14.9 Å². The molecule has 0 unspecified atom stereocenters. The van der Waals surface area contributed by atoms with E-state index < -0.39 is 5.91 Å². The normalized spacial score (nSPS) is 17.7. The Morgan fingerprint density at radius 2 is 2.06 bits per heavy atom. The van der Waals surface area contributed by atoms with Crippen molar-refractivity contribution in [2.75, 3.05) is 19.6 Å². The van der Waals surface area contributed by atoms with E-state index in [1.807, 2.05) is 12.2 Å². The summed E-state index contributed by atoms with van der Waals surface area (Å²) in [5, 5.41) is 8.34. The van der Waals surface area contributed by atoms with E-state index in [1.165, 1.54) is 37.5 Å². The summed E-state index contributed by atoms with van der Waals surface area (Å²) in [6, 6.07) is 0. The molecule has 1 amide bonds. The van der Waals surface area contributed by atoms with Gasteiger partial charge in [0.1, 0.15) is 0 Å². The van der Waals surface area contributed by atoms with Crippen LogP contribution in [0.5, 0.6) is 0 Å². The van der Waals surface area contributed by atoms with Crippen LogP contribution in [0, 0.1) is 0 Å². The number of allylic oxidation sites excluding steroid dienone is 5. The molecule has 1 rings (SSSR count). The first kappa shape index (κ1) is 14.4. The van der Waals surface area contributed by atoms with Crippen molar-refractivity contribution < 1.29 is 10.0 Å². The second-order valence-corrected chi connectivity index (χ2v) is 4.12. The zero-order valence-electron chi connectivity index (χ0n) is 10.5. The summed E-state index contributed by atoms with van der Waals surface area (Å²) in [7, 11) is 0. The molecule has 1 aliphatic rings. The maximum atomic E-state index is 10.8. The van der Waals surface area contributed by atoms with Gasteiger partial charge in [-0.15, -0.1) is 0 Å². The van der Waals surface area contributed by atoms with Crippen LogP contribution in [-0.2, 0) is 4.79 Å². The number of hydrogen-bond donors (Lipinski definition) is 2. The molecule has 0 saturated carbocycles. The molecule has 4 heteroatoms. The highest BCUT2D eigenvalue weighted by Crippen LogP contribution is 2.06. The van der Waals surface area contributed by atoms with Crippen LogP contribution in [0.1, 0.15) is 12.8 Å². The molecule has 0 atom stereocenters. The Kier molecular flexibility index (Phi) is 6.76. The molecule has 98 valence electrons. The second-order valence-electron chi connectivity index (χ2n) is 4.12. The van der Waals surface area contributed by atoms with Crippen LogP contribution in [0.15, 0.2) is 48.6 Å². The largest absolute Gasteiger partial charge is 0.300 e. The topological polar surface area (TPSA) is 52.6 Å². The highest BCUT2D eigenvalue weighted by molar-refractivity contribution is 5.87. The molecule has 0 aromatic heterocycles. The third-order valence-electron chi connectivity index (χ3n) is 2.76. The minimum Gasteiger partial charge on any atom is -0.300 e. The molecule has 0 radical (unpaired) electrons. The molecule has 0 bridgehead atoms. The van der Waals surface area contributed by atoms with E-state index in [0.717, 1.165) is 12.1 Å². The smallest absolute Gasteiger partial charge is 0.267 e. The molecule has 0 spiro atoms. The van der Waals surface area contributed by atoms with Gasteiger partial charge in [0.2, 0.25) is 0 Å². The van der Waals surface area contributed by atoms with E-state index in [4.69, 9.17) is 5.21 Å². The van der Waals surface area contributed by atoms with Crippen molar-refractivity contribution in [3.8, 4) is 0 Å². The fraction of sp³-hybridized carbons (Fsp3) is 0.357. The third-order valence-corrected chi connectivity index (χ3v) is 2.76. The third kappa shape index (κ3) is 5.61. The molecule has 4 nitrogen and oxygen atoms in total. The van der Waals surface area contributed by atoms with Crippen molar-refractivity contribution in [3.63, 3.8) is 0 Å². The van der Waals surface area contributed by atoms with Crippen molar-refractivity contribution in [2.45, 2.75) is 12.8 Å². The predicted octanol–water partition coefficient (Wildman–Crippen LogP) is 1.81. The van der Waals surface area contributed by atoms with Crippen LogP contribution in [-0.4, -0.2) is 35.6 Å². The van der Waals surface area contributed by atoms with Crippen molar-refractivity contribution in [3.05, 3.63) is 48.6 Å². The molecule has 1 heterocycles. The van der Waals surface area contributed by atoms with Crippen molar-refractivity contribution >= 4 is 5.91 Å². The number of rotatable bonds is 6. The zero-order chi connectivity index (χ0) is 13.2. The van der Waals surface area contributed by atoms with Gasteiger partial charge in [0.25, 0.3) is 5.91 Å². The lowest BCUT2D eigenvalue weighted by Crippen LogP contribution is -2.18. The quantitative estimate of drug-likeness (QED) is 0.326. The number of carbonyl (C=O) groups is 1. The number of nitrogens with one attached hydrogen (secondary N) is 1. The first-order valence-corrected chi connectivity index (χ1v) is 6.10. The van der Waals surface area contributed by atoms with Crippen LogP contribution in [0.25, 0.3) is 0 Å². The summed E-state index contributed by atoms with van der Waals surface area (Å²) in [6.45, 7) is 6.98. The Bertz CT molecular complexity index is 364. The second kappa shape index (κ2) is 8.44. The number of likely N-dealkylation sites (tertiary alicyclic amines) is 1. The van der Waals surface area contributed by atoms with Crippen LogP contribution >= 0.6 is 0 Å². The number of hydroxylamine groups is 1. The minimum absolute atomic E-state index is 0.552. The molecule has 1 saturated heterocycles. The fourth-order valence-corrected chi connectivity index (χ4v) is 1.76. The first-order valence-electron chi connectivity index (χ1n) is 6.10. The Hall–Kier alpha value is -1.65. The summed E-state index contributed by atoms with van der Waals surface area (Å²) in [4.78, 5) is 13.2. The lowest BCUT2D eigenvalue weighted by Gasteiger charge is -2.09. The van der Waals surface area contributed by atoms with Crippen LogP contribution < -0.4 is 5.48 Å². The van der Waals surface area contributed by atoms with Gasteiger partial charge in [0.05, 0.1) is 0 Å². The Morgan fingerprint density at radius 3 is 2.67 bits per heavy atom. The molecule has 0 aromatic rings. The highest BCUT2D eigenvalue weighted by atomic mass is 16.5. The Morgan fingerprint density at radius 1 is 1.33 bits per heavy atom. The van der Waals surface area contributed by atoms with E-state index in [-0.39, 0.29) is 0 Å². The van der Waals surface area contributed by atoms with Crippen molar-refractivity contribution in [1.29, 1.82) is 0 Å². The van der Waals surface area contributed by atoms with Gasteiger partial charge in [0, 0.05) is 12.6 Å². The summed E-state index contributed by atoms with van der Waals surface area (Å²) in [6.07, 6.45) is 13.0. The van der Waals surface area contributed by atoms with Gasteiger partial charge >= 0.3 is 0 Å². The van der Waals surface area contributed by atoms with E-state index >= 15 is 0 Å². The number of nitrogens with zero attached hydrogens (tertiary/aromatic N) is 1. The van der Waals surface area contributed by atoms with Crippen LogP contribution in [0.2, 0.25) is 0 Å². The van der Waals surface area contributed by atoms with Gasteiger partial charge in [-0.05, 0) is 37.6 Å². The zero-order valence-corrected chi connectivity index (χ0v) is 10.5. The van der Waals surface area contributed by atoms with Crippen molar-refractivity contribution in [2.24, 2.45) is 0 Å². The van der Waals surface area contributed by atoms with Gasteiger partial charge in [0.15, 0.2) is 0 Å². The minimum atomic E-state index is -0.552. The molecular weight excluding hydrogens is 228 g/mol. The molecule has 1 aliphatic heterocycles. The average Bonchev–Trinajstić information content (AvgIpc) is 2.90. The molecule has 1 fully saturated rings. The standard InChI is InChI=1S/C14H20N2O2/c1-2-13(8-9-14(17)15-18)7-3-4-10-16-11-5-6-12-16/h2-4,7-9,18H,1,5-6,10-12H2,(H,15,17)/b4-3+,9-8+,13-7+. The summed E-state index contributed by atoms with van der Waals surface area (Å²) in [5.74, 6) is -0.552. The molecule has 0 aromatic carbocycles. The van der Waals surface area contributed by atoms with E-state index in [9.17, 15) is 4.79 Å². The van der Waals surface area contributed by atoms with E-state index in [2.05, 4.69) is 17.6 Å². The lowest BCUT2D eigenvalue weighted by atomic mass is 10.2. The average molecular weight is 248 g/mol. The predicted molar refractivity (Wildman–Crippen MR) is 72.2 cm³/mol. The van der Waals surface area contributed by atoms with Gasteiger partial charge in [-0.25, -0.2) is 5.48 Å². The summed E-state index contributed by atoms with van der Waals surface area (Å²) >= 11 is 0. The van der Waals surface area contributed by atoms with Gasteiger partial charge in [-0.2, -0.15) is 0 Å². The maximum absolute atomic E-state index is 10.8. The van der Waals surface area contributed by atoms with E-state index in [1.54, 1.807) is 12.2 Å². The number of amides is 1. The number of carbonyl (C=O) groups excluding carboxylic acids is 1. The SMILES string of the molecule is C=CC(/C=C/C(=O)NO)=C\C=C\CN1CCCC1. The Labute approximate surface area is 108 Å². The van der Waals surface area contributed by atoms with Gasteiger partial charge in [-0.1, -0.05) is 30.9 Å². The molecule has 18 heavy (non-hydrogen) atoms. The lowest BCUT2D eigenvalue weighted by molar-refractivity contribution is -0.124. The first-order chi connectivity index (χ1) is 8.76. The van der Waals surface area contributed by atoms with Crippen LogP contribution in [0.3, 0.4) is 0 Å².